The number of rotatable bonds is 4. The third kappa shape index (κ3) is 3.44. The average Bonchev–Trinajstić information content (AvgIpc) is 2.99. The van der Waals surface area contributed by atoms with Crippen LogP contribution in [-0.4, -0.2) is 48.8 Å². The van der Waals surface area contributed by atoms with Crippen molar-refractivity contribution in [3.8, 4) is 6.07 Å². The van der Waals surface area contributed by atoms with Gasteiger partial charge in [0, 0.05) is 25.7 Å². The fourth-order valence-electron chi connectivity index (χ4n) is 2.19. The Morgan fingerprint density at radius 3 is 2.88 bits per heavy atom. The molecule has 1 saturated heterocycles. The SMILES string of the molecule is CC1(C)CN(CC(C#N)NC2CC2)CCO1. The van der Waals surface area contributed by atoms with E-state index in [1.807, 2.05) is 0 Å². The maximum Gasteiger partial charge on any atom is 0.108 e. The summed E-state index contributed by atoms with van der Waals surface area (Å²) in [6.45, 7) is 7.66. The Kier molecular flexibility index (Phi) is 3.48. The quantitative estimate of drug-likeness (QED) is 0.763. The Labute approximate surface area is 97.6 Å². The van der Waals surface area contributed by atoms with Gasteiger partial charge in [-0.1, -0.05) is 0 Å². The van der Waals surface area contributed by atoms with Gasteiger partial charge in [0.25, 0.3) is 0 Å². The maximum atomic E-state index is 9.09. The number of nitrogens with zero attached hydrogens (tertiary/aromatic N) is 2. The van der Waals surface area contributed by atoms with Crippen LogP contribution in [0.3, 0.4) is 0 Å². The molecule has 90 valence electrons. The first-order valence-electron chi connectivity index (χ1n) is 6.11. The minimum atomic E-state index is -0.0716. The number of ether oxygens (including phenoxy) is 1. The summed E-state index contributed by atoms with van der Waals surface area (Å²) < 4.78 is 5.66. The zero-order chi connectivity index (χ0) is 11.6. The van der Waals surface area contributed by atoms with E-state index in [1.54, 1.807) is 0 Å². The van der Waals surface area contributed by atoms with E-state index in [0.717, 1.165) is 26.2 Å². The van der Waals surface area contributed by atoms with Gasteiger partial charge in [0.15, 0.2) is 0 Å². The summed E-state index contributed by atoms with van der Waals surface area (Å²) in [6.07, 6.45) is 2.46. The van der Waals surface area contributed by atoms with Crippen molar-refractivity contribution in [2.45, 2.75) is 44.4 Å². The molecule has 0 radical (unpaired) electrons. The van der Waals surface area contributed by atoms with Crippen LogP contribution in [0.5, 0.6) is 0 Å². The molecule has 0 amide bonds. The highest BCUT2D eigenvalue weighted by atomic mass is 16.5. The molecule has 1 saturated carbocycles. The summed E-state index contributed by atoms with van der Waals surface area (Å²) in [7, 11) is 0. The molecule has 1 atom stereocenters. The number of hydrogen-bond donors (Lipinski definition) is 1. The fraction of sp³-hybridized carbons (Fsp3) is 0.917. The van der Waals surface area contributed by atoms with Crippen LogP contribution in [0.1, 0.15) is 26.7 Å². The molecule has 1 heterocycles. The van der Waals surface area contributed by atoms with Crippen molar-refractivity contribution in [1.29, 1.82) is 5.26 Å². The molecule has 0 aromatic heterocycles. The van der Waals surface area contributed by atoms with Crippen molar-refractivity contribution in [3.05, 3.63) is 0 Å². The number of nitrogens with one attached hydrogen (secondary N) is 1. The van der Waals surface area contributed by atoms with Gasteiger partial charge in [-0.3, -0.25) is 10.2 Å². The van der Waals surface area contributed by atoms with Crippen LogP contribution in [-0.2, 0) is 4.74 Å². The van der Waals surface area contributed by atoms with Gasteiger partial charge in [-0.2, -0.15) is 5.26 Å². The van der Waals surface area contributed by atoms with Crippen molar-refractivity contribution in [3.63, 3.8) is 0 Å². The second kappa shape index (κ2) is 4.70. The molecule has 1 aliphatic heterocycles. The lowest BCUT2D eigenvalue weighted by Gasteiger charge is -2.38. The Morgan fingerprint density at radius 2 is 2.31 bits per heavy atom. The van der Waals surface area contributed by atoms with Gasteiger partial charge in [0.2, 0.25) is 0 Å². The van der Waals surface area contributed by atoms with Gasteiger partial charge in [-0.05, 0) is 26.7 Å². The number of morpholine rings is 1. The lowest BCUT2D eigenvalue weighted by atomic mass is 10.1. The summed E-state index contributed by atoms with van der Waals surface area (Å²) in [4.78, 5) is 2.33. The van der Waals surface area contributed by atoms with Crippen LogP contribution in [0, 0.1) is 11.3 Å². The van der Waals surface area contributed by atoms with E-state index in [4.69, 9.17) is 10.00 Å². The van der Waals surface area contributed by atoms with Gasteiger partial charge >= 0.3 is 0 Å². The Hall–Kier alpha value is -0.630. The summed E-state index contributed by atoms with van der Waals surface area (Å²) in [5, 5.41) is 12.5. The topological polar surface area (TPSA) is 48.3 Å². The number of nitriles is 1. The smallest absolute Gasteiger partial charge is 0.108 e. The normalized spacial score (nSPS) is 27.3. The van der Waals surface area contributed by atoms with Crippen molar-refractivity contribution in [2.75, 3.05) is 26.2 Å². The first-order chi connectivity index (χ1) is 7.59. The maximum absolute atomic E-state index is 9.09. The summed E-state index contributed by atoms with van der Waals surface area (Å²) in [5.74, 6) is 0. The molecule has 1 aliphatic carbocycles. The first-order valence-corrected chi connectivity index (χ1v) is 6.11. The minimum Gasteiger partial charge on any atom is -0.373 e. The van der Waals surface area contributed by atoms with Crippen LogP contribution in [0.25, 0.3) is 0 Å². The third-order valence-corrected chi connectivity index (χ3v) is 3.12. The average molecular weight is 223 g/mol. The molecular formula is C12H21N3O. The van der Waals surface area contributed by atoms with E-state index in [2.05, 4.69) is 30.1 Å². The van der Waals surface area contributed by atoms with Crippen LogP contribution in [0.2, 0.25) is 0 Å². The zero-order valence-electron chi connectivity index (χ0n) is 10.2. The van der Waals surface area contributed by atoms with E-state index >= 15 is 0 Å². The summed E-state index contributed by atoms with van der Waals surface area (Å²) in [6, 6.07) is 2.92. The van der Waals surface area contributed by atoms with Crippen molar-refractivity contribution in [1.82, 2.24) is 10.2 Å². The van der Waals surface area contributed by atoms with E-state index in [9.17, 15) is 0 Å². The molecule has 16 heavy (non-hydrogen) atoms. The molecular weight excluding hydrogens is 202 g/mol. The lowest BCUT2D eigenvalue weighted by molar-refractivity contribution is -0.0866. The molecule has 0 bridgehead atoms. The second-order valence-corrected chi connectivity index (χ2v) is 5.47. The highest BCUT2D eigenvalue weighted by Gasteiger charge is 2.30. The Bertz CT molecular complexity index is 280. The standard InChI is InChI=1S/C12H21N3O/c1-12(2)9-15(5-6-16-12)8-11(7-13)14-10-3-4-10/h10-11,14H,3-6,8-9H2,1-2H3. The summed E-state index contributed by atoms with van der Waals surface area (Å²) in [5.41, 5.74) is -0.0716. The fourth-order valence-corrected chi connectivity index (χ4v) is 2.19. The van der Waals surface area contributed by atoms with Gasteiger partial charge in [-0.25, -0.2) is 0 Å². The zero-order valence-corrected chi connectivity index (χ0v) is 10.2. The predicted molar refractivity (Wildman–Crippen MR) is 62.0 cm³/mol. The van der Waals surface area contributed by atoms with E-state index in [0.29, 0.717) is 6.04 Å². The molecule has 2 fully saturated rings. The van der Waals surface area contributed by atoms with Crippen molar-refractivity contribution in [2.24, 2.45) is 0 Å². The monoisotopic (exact) mass is 223 g/mol. The van der Waals surface area contributed by atoms with Crippen molar-refractivity contribution >= 4 is 0 Å². The second-order valence-electron chi connectivity index (χ2n) is 5.47. The molecule has 1 N–H and O–H groups in total. The summed E-state index contributed by atoms with van der Waals surface area (Å²) >= 11 is 0. The molecule has 0 aromatic carbocycles. The first kappa shape index (κ1) is 11.8. The van der Waals surface area contributed by atoms with Gasteiger partial charge in [0.1, 0.15) is 6.04 Å². The Balaban J connectivity index is 1.80. The molecule has 2 aliphatic rings. The lowest BCUT2D eigenvalue weighted by Crippen LogP contribution is -2.52. The van der Waals surface area contributed by atoms with E-state index < -0.39 is 0 Å². The van der Waals surface area contributed by atoms with Crippen LogP contribution in [0.15, 0.2) is 0 Å². The van der Waals surface area contributed by atoms with E-state index in [1.165, 1.54) is 12.8 Å². The van der Waals surface area contributed by atoms with Crippen molar-refractivity contribution < 1.29 is 4.74 Å². The molecule has 4 heteroatoms. The Morgan fingerprint density at radius 1 is 1.56 bits per heavy atom. The third-order valence-electron chi connectivity index (χ3n) is 3.12. The van der Waals surface area contributed by atoms with Crippen LogP contribution in [0.4, 0.5) is 0 Å². The van der Waals surface area contributed by atoms with Gasteiger partial charge in [0.05, 0.1) is 18.3 Å². The highest BCUT2D eigenvalue weighted by molar-refractivity contribution is 4.98. The van der Waals surface area contributed by atoms with Gasteiger partial charge in [-0.15, -0.1) is 0 Å². The van der Waals surface area contributed by atoms with Gasteiger partial charge < -0.3 is 4.74 Å². The van der Waals surface area contributed by atoms with E-state index in [-0.39, 0.29) is 11.6 Å². The number of hydrogen-bond acceptors (Lipinski definition) is 4. The predicted octanol–water partition coefficient (Wildman–Crippen LogP) is 0.741. The largest absolute Gasteiger partial charge is 0.373 e. The molecule has 1 unspecified atom stereocenters. The van der Waals surface area contributed by atoms with Crippen LogP contribution >= 0.6 is 0 Å². The highest BCUT2D eigenvalue weighted by Crippen LogP contribution is 2.20. The minimum absolute atomic E-state index is 0.0265. The van der Waals surface area contributed by atoms with Crippen LogP contribution < -0.4 is 5.32 Å². The molecule has 4 nitrogen and oxygen atoms in total. The molecule has 0 aromatic rings. The molecule has 2 rings (SSSR count). The molecule has 0 spiro atoms.